The molecule has 0 saturated carbocycles. The van der Waals surface area contributed by atoms with Gasteiger partial charge < -0.3 is 4.74 Å². The van der Waals surface area contributed by atoms with E-state index in [9.17, 15) is 18.4 Å². The summed E-state index contributed by atoms with van der Waals surface area (Å²) >= 11 is 4.74. The van der Waals surface area contributed by atoms with Gasteiger partial charge in [0.1, 0.15) is 5.69 Å². The topological polar surface area (TPSA) is 48.3 Å². The van der Waals surface area contributed by atoms with Gasteiger partial charge in [0, 0.05) is 6.07 Å². The van der Waals surface area contributed by atoms with Crippen molar-refractivity contribution >= 4 is 17.7 Å². The van der Waals surface area contributed by atoms with Gasteiger partial charge in [0.25, 0.3) is 5.56 Å². The maximum absolute atomic E-state index is 12.8. The quantitative estimate of drug-likeness (QED) is 0.699. The first kappa shape index (κ1) is 11.6. The zero-order valence-electron chi connectivity index (χ0n) is 7.54. The minimum atomic E-state index is -3.81. The lowest BCUT2D eigenvalue weighted by atomic mass is 10.3. The molecule has 0 bridgehead atoms. The van der Waals surface area contributed by atoms with Gasteiger partial charge in [0.15, 0.2) is 0 Å². The Morgan fingerprint density at radius 2 is 2.13 bits per heavy atom. The summed E-state index contributed by atoms with van der Waals surface area (Å²) in [6.45, 7) is 0. The third kappa shape index (κ3) is 2.33. The Balaban J connectivity index is 3.47. The fraction of sp³-hybridized carbons (Fsp3) is 0.250. The first-order chi connectivity index (χ1) is 6.88. The molecule has 0 saturated heterocycles. The number of nitrogens with zero attached hydrogens (tertiary/aromatic N) is 1. The zero-order chi connectivity index (χ0) is 11.6. The third-order valence-corrected chi connectivity index (χ3v) is 1.80. The van der Waals surface area contributed by atoms with Gasteiger partial charge in [0.05, 0.1) is 7.11 Å². The van der Waals surface area contributed by atoms with Crippen LogP contribution in [0, 0.1) is 0 Å². The SMILES string of the molecule is COC(=O)n1c(C(F)(F)Cl)cccc1=O. The molecule has 0 aliphatic heterocycles. The summed E-state index contributed by atoms with van der Waals surface area (Å²) in [6, 6.07) is 2.89. The van der Waals surface area contributed by atoms with Crippen LogP contribution in [0.15, 0.2) is 23.0 Å². The highest BCUT2D eigenvalue weighted by molar-refractivity contribution is 6.21. The van der Waals surface area contributed by atoms with Gasteiger partial charge in [-0.05, 0) is 17.7 Å². The molecule has 1 aromatic heterocycles. The predicted molar refractivity (Wildman–Crippen MR) is 48.3 cm³/mol. The van der Waals surface area contributed by atoms with E-state index in [1.54, 1.807) is 0 Å². The van der Waals surface area contributed by atoms with E-state index in [2.05, 4.69) is 4.74 Å². The van der Waals surface area contributed by atoms with Gasteiger partial charge in [-0.2, -0.15) is 8.78 Å². The van der Waals surface area contributed by atoms with Crippen molar-refractivity contribution in [2.45, 2.75) is 5.38 Å². The number of methoxy groups -OCH3 is 1. The molecule has 0 aliphatic rings. The van der Waals surface area contributed by atoms with Crippen molar-refractivity contribution in [3.8, 4) is 0 Å². The van der Waals surface area contributed by atoms with Crippen molar-refractivity contribution in [1.82, 2.24) is 4.57 Å². The van der Waals surface area contributed by atoms with Crippen LogP contribution >= 0.6 is 11.6 Å². The number of carbonyl (C=O) groups is 1. The van der Waals surface area contributed by atoms with E-state index in [1.165, 1.54) is 0 Å². The minimum Gasteiger partial charge on any atom is -0.452 e. The molecule has 15 heavy (non-hydrogen) atoms. The van der Waals surface area contributed by atoms with Gasteiger partial charge in [-0.15, -0.1) is 0 Å². The predicted octanol–water partition coefficient (Wildman–Crippen LogP) is 1.75. The smallest absolute Gasteiger partial charge is 0.421 e. The number of hydrogen-bond donors (Lipinski definition) is 0. The van der Waals surface area contributed by atoms with Gasteiger partial charge in [-0.3, -0.25) is 4.79 Å². The van der Waals surface area contributed by atoms with Crippen LogP contribution in [0.2, 0.25) is 0 Å². The number of alkyl halides is 3. The van der Waals surface area contributed by atoms with E-state index in [0.717, 1.165) is 25.3 Å². The largest absolute Gasteiger partial charge is 0.452 e. The lowest BCUT2D eigenvalue weighted by Crippen LogP contribution is -2.32. The van der Waals surface area contributed by atoms with Crippen molar-refractivity contribution in [2.24, 2.45) is 0 Å². The van der Waals surface area contributed by atoms with Crippen LogP contribution in [0.5, 0.6) is 0 Å². The Hall–Kier alpha value is -1.43. The Bertz CT molecular complexity index is 438. The van der Waals surface area contributed by atoms with Crippen LogP contribution < -0.4 is 5.56 Å². The van der Waals surface area contributed by atoms with Crippen LogP contribution in [0.4, 0.5) is 13.6 Å². The monoisotopic (exact) mass is 237 g/mol. The van der Waals surface area contributed by atoms with Crippen LogP contribution in [-0.4, -0.2) is 17.8 Å². The number of rotatable bonds is 1. The number of hydrogen-bond acceptors (Lipinski definition) is 3. The number of halogens is 3. The summed E-state index contributed by atoms with van der Waals surface area (Å²) in [4.78, 5) is 22.2. The first-order valence-electron chi connectivity index (χ1n) is 3.75. The van der Waals surface area contributed by atoms with Gasteiger partial charge in [-0.25, -0.2) is 9.36 Å². The molecular weight excluding hydrogens is 232 g/mol. The molecule has 0 aromatic carbocycles. The van der Waals surface area contributed by atoms with Crippen LogP contribution in [0.1, 0.15) is 5.69 Å². The Kier molecular flexibility index (Phi) is 3.09. The number of aromatic nitrogens is 1. The van der Waals surface area contributed by atoms with E-state index in [-0.39, 0.29) is 4.57 Å². The maximum atomic E-state index is 12.8. The highest BCUT2D eigenvalue weighted by atomic mass is 35.5. The average Bonchev–Trinajstić information content (AvgIpc) is 2.15. The van der Waals surface area contributed by atoms with E-state index in [0.29, 0.717) is 0 Å². The summed E-state index contributed by atoms with van der Waals surface area (Å²) in [7, 11) is 0.970. The molecule has 82 valence electrons. The fourth-order valence-electron chi connectivity index (χ4n) is 0.990. The van der Waals surface area contributed by atoms with Crippen molar-refractivity contribution in [2.75, 3.05) is 7.11 Å². The number of ether oxygens (including phenoxy) is 1. The summed E-state index contributed by atoms with van der Waals surface area (Å²) in [5.74, 6) is 0. The average molecular weight is 238 g/mol. The second-order valence-electron chi connectivity index (χ2n) is 2.55. The van der Waals surface area contributed by atoms with Crippen LogP contribution in [0.3, 0.4) is 0 Å². The van der Waals surface area contributed by atoms with Crippen molar-refractivity contribution in [3.63, 3.8) is 0 Å². The lowest BCUT2D eigenvalue weighted by Gasteiger charge is -2.13. The second kappa shape index (κ2) is 3.98. The summed E-state index contributed by atoms with van der Waals surface area (Å²) in [5.41, 5.74) is -1.86. The van der Waals surface area contributed by atoms with Gasteiger partial charge in [0.2, 0.25) is 0 Å². The second-order valence-corrected chi connectivity index (χ2v) is 3.03. The Morgan fingerprint density at radius 3 is 2.60 bits per heavy atom. The van der Waals surface area contributed by atoms with Crippen LogP contribution in [0.25, 0.3) is 0 Å². The molecule has 0 radical (unpaired) electrons. The molecule has 0 aliphatic carbocycles. The highest BCUT2D eigenvalue weighted by Gasteiger charge is 2.33. The molecule has 0 amide bonds. The Morgan fingerprint density at radius 1 is 1.53 bits per heavy atom. The molecule has 7 heteroatoms. The van der Waals surface area contributed by atoms with E-state index < -0.39 is 22.7 Å². The van der Waals surface area contributed by atoms with Crippen molar-refractivity contribution < 1.29 is 18.3 Å². The summed E-state index contributed by atoms with van der Waals surface area (Å²) in [6.07, 6.45) is -1.21. The van der Waals surface area contributed by atoms with Crippen molar-refractivity contribution in [3.05, 3.63) is 34.2 Å². The van der Waals surface area contributed by atoms with E-state index in [1.807, 2.05) is 0 Å². The summed E-state index contributed by atoms with van der Waals surface area (Å²) in [5, 5.41) is -3.81. The van der Waals surface area contributed by atoms with Gasteiger partial charge >= 0.3 is 11.5 Å². The third-order valence-electron chi connectivity index (χ3n) is 1.60. The van der Waals surface area contributed by atoms with Gasteiger partial charge in [-0.1, -0.05) is 6.07 Å². The standard InChI is InChI=1S/C8H6ClF2NO3/c1-15-7(14)12-5(8(9,10)11)3-2-4-6(12)13/h2-4H,1H3. The maximum Gasteiger partial charge on any atom is 0.421 e. The molecule has 0 N–H and O–H groups in total. The first-order valence-corrected chi connectivity index (χ1v) is 4.13. The summed E-state index contributed by atoms with van der Waals surface area (Å²) < 4.78 is 29.9. The minimum absolute atomic E-state index is 0.174. The van der Waals surface area contributed by atoms with E-state index >= 15 is 0 Å². The molecular formula is C8H6ClF2NO3. The normalized spacial score (nSPS) is 11.2. The number of carbonyl (C=O) groups excluding carboxylic acids is 1. The molecule has 0 spiro atoms. The molecule has 0 fully saturated rings. The number of pyridine rings is 1. The molecule has 1 heterocycles. The van der Waals surface area contributed by atoms with Crippen molar-refractivity contribution in [1.29, 1.82) is 0 Å². The lowest BCUT2D eigenvalue weighted by molar-refractivity contribution is 0.0825. The molecule has 0 unspecified atom stereocenters. The zero-order valence-corrected chi connectivity index (χ0v) is 8.29. The van der Waals surface area contributed by atoms with Crippen LogP contribution in [-0.2, 0) is 10.1 Å². The molecule has 1 aromatic rings. The Labute approximate surface area is 88.0 Å². The molecule has 4 nitrogen and oxygen atoms in total. The fourth-order valence-corrected chi connectivity index (χ4v) is 1.14. The molecule has 0 atom stereocenters. The highest BCUT2D eigenvalue weighted by Crippen LogP contribution is 2.31. The van der Waals surface area contributed by atoms with E-state index in [4.69, 9.17) is 11.6 Å². The molecule has 1 rings (SSSR count).